The fraction of sp³-hybridized carbons (Fsp3) is 0.375. The first kappa shape index (κ1) is 12.9. The number of aromatic nitrogens is 2. The molecule has 0 bridgehead atoms. The molecule has 3 rings (SSSR count). The zero-order valence-corrected chi connectivity index (χ0v) is 12.1. The molecule has 0 radical (unpaired) electrons. The van der Waals surface area contributed by atoms with Crippen molar-refractivity contribution in [1.82, 2.24) is 9.97 Å². The second kappa shape index (κ2) is 5.49. The second-order valence-corrected chi connectivity index (χ2v) is 5.00. The Labute approximate surface area is 120 Å². The molecule has 0 spiro atoms. The van der Waals surface area contributed by atoms with Gasteiger partial charge in [-0.05, 0) is 37.1 Å². The summed E-state index contributed by atoms with van der Waals surface area (Å²) >= 11 is 0. The fourth-order valence-electron chi connectivity index (χ4n) is 2.74. The van der Waals surface area contributed by atoms with Gasteiger partial charge in [0.25, 0.3) is 0 Å². The lowest BCUT2D eigenvalue weighted by atomic mass is 10.1. The average molecular weight is 268 g/mol. The zero-order valence-electron chi connectivity index (χ0n) is 12.1. The van der Waals surface area contributed by atoms with Gasteiger partial charge in [-0.2, -0.15) is 0 Å². The summed E-state index contributed by atoms with van der Waals surface area (Å²) in [7, 11) is 0. The zero-order chi connectivity index (χ0) is 13.9. The lowest BCUT2D eigenvalue weighted by Gasteiger charge is -2.38. The maximum atomic E-state index is 4.61. The number of hydrogen-bond acceptors (Lipinski definition) is 4. The van der Waals surface area contributed by atoms with Crippen molar-refractivity contribution in [2.24, 2.45) is 0 Å². The summed E-state index contributed by atoms with van der Waals surface area (Å²) in [6.07, 6.45) is 5.90. The number of hydrogen-bond donors (Lipinski definition) is 0. The standard InChI is InChI=1S/C16H20N4/c1-3-11-19-13-7-5-10-18-16(13)20(12-4-2)14-8-6-9-17-15(14)19/h5-10H,3-4,11-12H2,1-2H3. The Morgan fingerprint density at radius 1 is 0.800 bits per heavy atom. The largest absolute Gasteiger partial charge is 0.321 e. The normalized spacial score (nSPS) is 13.1. The molecule has 20 heavy (non-hydrogen) atoms. The molecular formula is C16H20N4. The lowest BCUT2D eigenvalue weighted by molar-refractivity contribution is 0.817. The highest BCUT2D eigenvalue weighted by atomic mass is 15.3. The number of rotatable bonds is 4. The van der Waals surface area contributed by atoms with Crippen LogP contribution in [0.4, 0.5) is 23.0 Å². The molecule has 0 fully saturated rings. The van der Waals surface area contributed by atoms with Crippen LogP contribution in [0.5, 0.6) is 0 Å². The van der Waals surface area contributed by atoms with Crippen LogP contribution < -0.4 is 9.80 Å². The third-order valence-electron chi connectivity index (χ3n) is 3.52. The first-order valence-electron chi connectivity index (χ1n) is 7.32. The molecule has 0 aromatic carbocycles. The first-order chi connectivity index (χ1) is 9.86. The van der Waals surface area contributed by atoms with Gasteiger partial charge in [0.1, 0.15) is 0 Å². The number of fused-ring (bicyclic) bond motifs is 2. The van der Waals surface area contributed by atoms with E-state index >= 15 is 0 Å². The van der Waals surface area contributed by atoms with Crippen molar-refractivity contribution in [3.8, 4) is 0 Å². The SMILES string of the molecule is CCCN1c2cccnc2N(CCC)c2cccnc21. The van der Waals surface area contributed by atoms with E-state index in [1.165, 1.54) is 0 Å². The fourth-order valence-corrected chi connectivity index (χ4v) is 2.74. The van der Waals surface area contributed by atoms with Crippen LogP contribution in [0, 0.1) is 0 Å². The van der Waals surface area contributed by atoms with Gasteiger partial charge >= 0.3 is 0 Å². The molecule has 2 aromatic heterocycles. The van der Waals surface area contributed by atoms with Gasteiger partial charge in [0, 0.05) is 25.5 Å². The molecule has 1 aliphatic rings. The highest BCUT2D eigenvalue weighted by molar-refractivity contribution is 5.89. The van der Waals surface area contributed by atoms with Gasteiger partial charge in [0.2, 0.25) is 0 Å². The molecular weight excluding hydrogens is 248 g/mol. The molecule has 0 aliphatic carbocycles. The molecule has 4 heteroatoms. The summed E-state index contributed by atoms with van der Waals surface area (Å²) in [5, 5.41) is 0. The molecule has 3 heterocycles. The minimum Gasteiger partial charge on any atom is -0.321 e. The van der Waals surface area contributed by atoms with Crippen LogP contribution in [0.1, 0.15) is 26.7 Å². The summed E-state index contributed by atoms with van der Waals surface area (Å²) < 4.78 is 0. The van der Waals surface area contributed by atoms with Crippen LogP contribution in [-0.2, 0) is 0 Å². The predicted octanol–water partition coefficient (Wildman–Crippen LogP) is 3.89. The Morgan fingerprint density at radius 3 is 1.65 bits per heavy atom. The van der Waals surface area contributed by atoms with Crippen molar-refractivity contribution in [3.05, 3.63) is 36.7 Å². The molecule has 2 aromatic rings. The Balaban J connectivity index is 2.17. The minimum absolute atomic E-state index is 0.961. The van der Waals surface area contributed by atoms with Crippen LogP contribution >= 0.6 is 0 Å². The summed E-state index contributed by atoms with van der Waals surface area (Å²) in [4.78, 5) is 13.8. The molecule has 4 nitrogen and oxygen atoms in total. The Bertz CT molecular complexity index is 497. The van der Waals surface area contributed by atoms with E-state index in [0.717, 1.165) is 48.9 Å². The maximum Gasteiger partial charge on any atom is 0.157 e. The van der Waals surface area contributed by atoms with Crippen LogP contribution in [0.3, 0.4) is 0 Å². The lowest BCUT2D eigenvalue weighted by Crippen LogP contribution is -2.32. The quantitative estimate of drug-likeness (QED) is 0.842. The minimum atomic E-state index is 0.961. The Kier molecular flexibility index (Phi) is 3.54. The van der Waals surface area contributed by atoms with Crippen LogP contribution in [0.25, 0.3) is 0 Å². The molecule has 0 saturated carbocycles. The predicted molar refractivity (Wildman–Crippen MR) is 83.1 cm³/mol. The second-order valence-electron chi connectivity index (χ2n) is 5.00. The van der Waals surface area contributed by atoms with Crippen molar-refractivity contribution in [2.45, 2.75) is 26.7 Å². The van der Waals surface area contributed by atoms with Gasteiger partial charge in [0.05, 0.1) is 11.4 Å². The number of pyridine rings is 2. The van der Waals surface area contributed by atoms with Crippen LogP contribution in [-0.4, -0.2) is 23.1 Å². The summed E-state index contributed by atoms with van der Waals surface area (Å²) in [6, 6.07) is 8.27. The monoisotopic (exact) mass is 268 g/mol. The number of anilines is 4. The van der Waals surface area contributed by atoms with E-state index in [-0.39, 0.29) is 0 Å². The smallest absolute Gasteiger partial charge is 0.157 e. The van der Waals surface area contributed by atoms with E-state index in [1.807, 2.05) is 24.5 Å². The van der Waals surface area contributed by atoms with E-state index in [9.17, 15) is 0 Å². The van der Waals surface area contributed by atoms with Gasteiger partial charge in [0.15, 0.2) is 11.6 Å². The third-order valence-corrected chi connectivity index (χ3v) is 3.52. The van der Waals surface area contributed by atoms with Crippen molar-refractivity contribution in [2.75, 3.05) is 22.9 Å². The Morgan fingerprint density at radius 2 is 1.25 bits per heavy atom. The highest BCUT2D eigenvalue weighted by Crippen LogP contribution is 2.45. The molecule has 0 saturated heterocycles. The Hall–Kier alpha value is -2.10. The molecule has 1 aliphatic heterocycles. The van der Waals surface area contributed by atoms with E-state index in [4.69, 9.17) is 0 Å². The first-order valence-corrected chi connectivity index (χ1v) is 7.32. The summed E-state index contributed by atoms with van der Waals surface area (Å²) in [6.45, 7) is 6.31. The van der Waals surface area contributed by atoms with Crippen molar-refractivity contribution < 1.29 is 0 Å². The van der Waals surface area contributed by atoms with Gasteiger partial charge in [-0.15, -0.1) is 0 Å². The van der Waals surface area contributed by atoms with Crippen molar-refractivity contribution in [1.29, 1.82) is 0 Å². The van der Waals surface area contributed by atoms with E-state index in [0.29, 0.717) is 0 Å². The highest BCUT2D eigenvalue weighted by Gasteiger charge is 2.28. The topological polar surface area (TPSA) is 32.3 Å². The average Bonchev–Trinajstić information content (AvgIpc) is 2.50. The van der Waals surface area contributed by atoms with Crippen molar-refractivity contribution in [3.63, 3.8) is 0 Å². The third kappa shape index (κ3) is 2.01. The van der Waals surface area contributed by atoms with E-state index < -0.39 is 0 Å². The number of nitrogens with zero attached hydrogens (tertiary/aromatic N) is 4. The maximum absolute atomic E-state index is 4.61. The molecule has 0 N–H and O–H groups in total. The summed E-state index contributed by atoms with van der Waals surface area (Å²) in [5.74, 6) is 2.09. The van der Waals surface area contributed by atoms with Crippen molar-refractivity contribution >= 4 is 23.0 Å². The molecule has 0 unspecified atom stereocenters. The van der Waals surface area contributed by atoms with Gasteiger partial charge in [-0.3, -0.25) is 0 Å². The van der Waals surface area contributed by atoms with Gasteiger partial charge < -0.3 is 9.80 Å². The van der Waals surface area contributed by atoms with Gasteiger partial charge in [-0.1, -0.05) is 13.8 Å². The van der Waals surface area contributed by atoms with E-state index in [2.05, 4.69) is 45.7 Å². The molecule has 0 amide bonds. The molecule has 104 valence electrons. The van der Waals surface area contributed by atoms with Crippen LogP contribution in [0.15, 0.2) is 36.7 Å². The van der Waals surface area contributed by atoms with Crippen LogP contribution in [0.2, 0.25) is 0 Å². The van der Waals surface area contributed by atoms with E-state index in [1.54, 1.807) is 0 Å². The summed E-state index contributed by atoms with van der Waals surface area (Å²) in [5.41, 5.74) is 2.32. The molecule has 0 atom stereocenters. The van der Waals surface area contributed by atoms with Gasteiger partial charge in [-0.25, -0.2) is 9.97 Å².